The fraction of sp³-hybridized carbons (Fsp3) is 0.571. The zero-order chi connectivity index (χ0) is 21.1. The molecule has 2 fully saturated rings. The second-order valence-corrected chi connectivity index (χ2v) is 8.03. The number of carbonyl (C=O) groups is 3. The zero-order valence-electron chi connectivity index (χ0n) is 16.6. The van der Waals surface area contributed by atoms with Crippen LogP contribution in [0.3, 0.4) is 0 Å². The van der Waals surface area contributed by atoms with E-state index in [1.165, 1.54) is 6.07 Å². The van der Waals surface area contributed by atoms with Crippen LogP contribution >= 0.6 is 0 Å². The van der Waals surface area contributed by atoms with E-state index in [9.17, 15) is 23.2 Å². The molecular formula is C21H26F2N2O4. The number of amides is 2. The molecule has 1 N–H and O–H groups in total. The van der Waals surface area contributed by atoms with Crippen molar-refractivity contribution in [3.63, 3.8) is 0 Å². The number of ether oxygens (including phenoxy) is 1. The van der Waals surface area contributed by atoms with Crippen molar-refractivity contribution in [1.82, 2.24) is 4.90 Å². The van der Waals surface area contributed by atoms with E-state index < -0.39 is 41.7 Å². The van der Waals surface area contributed by atoms with E-state index >= 15 is 0 Å². The lowest BCUT2D eigenvalue weighted by Gasteiger charge is -2.39. The number of likely N-dealkylation sites (tertiary alicyclic amines) is 1. The van der Waals surface area contributed by atoms with Gasteiger partial charge in [-0.1, -0.05) is 32.8 Å². The fourth-order valence-electron chi connectivity index (χ4n) is 4.25. The Balaban J connectivity index is 1.52. The summed E-state index contributed by atoms with van der Waals surface area (Å²) in [5, 5.41) is 2.06. The Bertz CT molecular complexity index is 781. The lowest BCUT2D eigenvalue weighted by Crippen LogP contribution is -2.45. The number of nitrogens with one attached hydrogen (secondary N) is 1. The third-order valence-corrected chi connectivity index (χ3v) is 6.13. The maximum atomic E-state index is 13.6. The number of anilines is 1. The lowest BCUT2D eigenvalue weighted by atomic mass is 9.77. The number of hydrogen-bond acceptors (Lipinski definition) is 4. The van der Waals surface area contributed by atoms with Crippen LogP contribution in [0.1, 0.15) is 39.5 Å². The number of halogens is 2. The minimum absolute atomic E-state index is 0.0556. The summed E-state index contributed by atoms with van der Waals surface area (Å²) >= 11 is 0. The SMILES string of the molecule is C[C@@H]1[C@H](C)CCC[C@@H]1N1C[C@H](C(=O)OCC(=O)Nc2c(F)cccc2F)CC1=O. The maximum Gasteiger partial charge on any atom is 0.311 e. The Morgan fingerprint density at radius 2 is 1.90 bits per heavy atom. The van der Waals surface area contributed by atoms with Gasteiger partial charge in [0.25, 0.3) is 5.91 Å². The summed E-state index contributed by atoms with van der Waals surface area (Å²) in [7, 11) is 0. The Morgan fingerprint density at radius 3 is 2.59 bits per heavy atom. The van der Waals surface area contributed by atoms with Crippen molar-refractivity contribution >= 4 is 23.5 Å². The van der Waals surface area contributed by atoms with Gasteiger partial charge in [-0.05, 0) is 30.4 Å². The highest BCUT2D eigenvalue weighted by atomic mass is 19.1. The van der Waals surface area contributed by atoms with Gasteiger partial charge >= 0.3 is 5.97 Å². The number of benzene rings is 1. The largest absolute Gasteiger partial charge is 0.455 e. The zero-order valence-corrected chi connectivity index (χ0v) is 16.6. The number of nitrogens with zero attached hydrogens (tertiary/aromatic N) is 1. The summed E-state index contributed by atoms with van der Waals surface area (Å²) in [6, 6.07) is 3.32. The van der Waals surface area contributed by atoms with Crippen LogP contribution in [0, 0.1) is 29.4 Å². The minimum Gasteiger partial charge on any atom is -0.455 e. The van der Waals surface area contributed by atoms with Gasteiger partial charge in [-0.15, -0.1) is 0 Å². The lowest BCUT2D eigenvalue weighted by molar-refractivity contribution is -0.151. The highest BCUT2D eigenvalue weighted by Gasteiger charge is 2.42. The van der Waals surface area contributed by atoms with Gasteiger partial charge in [0.15, 0.2) is 6.61 Å². The van der Waals surface area contributed by atoms with E-state index in [0.717, 1.165) is 31.4 Å². The molecule has 0 radical (unpaired) electrons. The van der Waals surface area contributed by atoms with Crippen molar-refractivity contribution in [3.05, 3.63) is 29.8 Å². The van der Waals surface area contributed by atoms with Gasteiger partial charge in [0, 0.05) is 19.0 Å². The molecule has 1 heterocycles. The highest BCUT2D eigenvalue weighted by Crippen LogP contribution is 2.35. The van der Waals surface area contributed by atoms with Crippen molar-refractivity contribution in [2.75, 3.05) is 18.5 Å². The molecule has 4 atom stereocenters. The molecule has 0 unspecified atom stereocenters. The van der Waals surface area contributed by atoms with Crippen LogP contribution in [0.5, 0.6) is 0 Å². The molecule has 1 saturated carbocycles. The molecule has 1 aromatic carbocycles. The molecule has 158 valence electrons. The Morgan fingerprint density at radius 1 is 1.21 bits per heavy atom. The topological polar surface area (TPSA) is 75.7 Å². The summed E-state index contributed by atoms with van der Waals surface area (Å²) in [6.07, 6.45) is 3.18. The van der Waals surface area contributed by atoms with Crippen LogP contribution in [-0.2, 0) is 19.1 Å². The van der Waals surface area contributed by atoms with Crippen molar-refractivity contribution < 1.29 is 27.9 Å². The number of carbonyl (C=O) groups excluding carboxylic acids is 3. The summed E-state index contributed by atoms with van der Waals surface area (Å²) in [6.45, 7) is 3.93. The van der Waals surface area contributed by atoms with Crippen molar-refractivity contribution in [1.29, 1.82) is 0 Å². The molecule has 0 bridgehead atoms. The average Bonchev–Trinajstić information content (AvgIpc) is 3.06. The number of esters is 1. The molecule has 1 aliphatic heterocycles. The predicted octanol–water partition coefficient (Wildman–Crippen LogP) is 3.12. The molecule has 1 saturated heterocycles. The van der Waals surface area contributed by atoms with E-state index in [2.05, 4.69) is 19.2 Å². The van der Waals surface area contributed by atoms with Gasteiger partial charge in [-0.25, -0.2) is 8.78 Å². The molecule has 2 aliphatic rings. The molecule has 1 aliphatic carbocycles. The molecule has 0 spiro atoms. The van der Waals surface area contributed by atoms with E-state index in [-0.39, 0.29) is 24.9 Å². The second-order valence-electron chi connectivity index (χ2n) is 8.03. The maximum absolute atomic E-state index is 13.6. The first kappa shape index (κ1) is 21.2. The van der Waals surface area contributed by atoms with E-state index in [4.69, 9.17) is 4.74 Å². The fourth-order valence-corrected chi connectivity index (χ4v) is 4.25. The molecule has 8 heteroatoms. The van der Waals surface area contributed by atoms with Crippen LogP contribution in [0.15, 0.2) is 18.2 Å². The summed E-state index contributed by atoms with van der Waals surface area (Å²) in [4.78, 5) is 38.4. The Hall–Kier alpha value is -2.51. The van der Waals surface area contributed by atoms with Gasteiger partial charge in [0.05, 0.1) is 5.92 Å². The third kappa shape index (κ3) is 4.74. The number of para-hydroxylation sites is 1. The molecule has 2 amide bonds. The minimum atomic E-state index is -0.919. The van der Waals surface area contributed by atoms with Crippen LogP contribution in [0.2, 0.25) is 0 Å². The predicted molar refractivity (Wildman–Crippen MR) is 102 cm³/mol. The van der Waals surface area contributed by atoms with Gasteiger partial charge < -0.3 is 15.0 Å². The molecule has 1 aromatic rings. The number of hydrogen-bond donors (Lipinski definition) is 1. The van der Waals surface area contributed by atoms with Crippen molar-refractivity contribution in [2.24, 2.45) is 17.8 Å². The average molecular weight is 408 g/mol. The number of rotatable bonds is 5. The van der Waals surface area contributed by atoms with Crippen LogP contribution < -0.4 is 5.32 Å². The van der Waals surface area contributed by atoms with E-state index in [1.54, 1.807) is 4.90 Å². The molecule has 29 heavy (non-hydrogen) atoms. The van der Waals surface area contributed by atoms with Crippen LogP contribution in [0.25, 0.3) is 0 Å². The first-order valence-electron chi connectivity index (χ1n) is 9.98. The summed E-state index contributed by atoms with van der Waals surface area (Å²) < 4.78 is 32.1. The smallest absolute Gasteiger partial charge is 0.311 e. The van der Waals surface area contributed by atoms with Crippen LogP contribution in [-0.4, -0.2) is 41.9 Å². The quantitative estimate of drug-likeness (QED) is 0.760. The summed E-state index contributed by atoms with van der Waals surface area (Å²) in [5.41, 5.74) is -0.587. The van der Waals surface area contributed by atoms with Gasteiger partial charge in [0.2, 0.25) is 5.91 Å². The first-order valence-corrected chi connectivity index (χ1v) is 9.98. The highest BCUT2D eigenvalue weighted by molar-refractivity contribution is 5.94. The van der Waals surface area contributed by atoms with Crippen molar-refractivity contribution in [2.45, 2.75) is 45.6 Å². The Labute approximate surface area is 168 Å². The van der Waals surface area contributed by atoms with E-state index in [1.807, 2.05) is 0 Å². The second kappa shape index (κ2) is 8.88. The molecule has 0 aromatic heterocycles. The molecule has 3 rings (SSSR count). The van der Waals surface area contributed by atoms with Gasteiger partial charge in [0.1, 0.15) is 17.3 Å². The standard InChI is InChI=1S/C21H26F2N2O4/c1-12-5-3-8-17(13(12)2)25-10-14(9-19(25)27)21(28)29-11-18(26)24-20-15(22)6-4-7-16(20)23/h4,6-7,12-14,17H,3,5,8-11H2,1-2H3,(H,24,26)/t12-,13-,14-,17+/m1/s1. The summed E-state index contributed by atoms with van der Waals surface area (Å²) in [5.74, 6) is -3.16. The monoisotopic (exact) mass is 408 g/mol. The van der Waals surface area contributed by atoms with Crippen LogP contribution in [0.4, 0.5) is 14.5 Å². The molecule has 6 nitrogen and oxygen atoms in total. The third-order valence-electron chi connectivity index (χ3n) is 6.13. The van der Waals surface area contributed by atoms with E-state index in [0.29, 0.717) is 11.8 Å². The van der Waals surface area contributed by atoms with Crippen molar-refractivity contribution in [3.8, 4) is 0 Å². The van der Waals surface area contributed by atoms with Gasteiger partial charge in [-0.3, -0.25) is 14.4 Å². The van der Waals surface area contributed by atoms with Gasteiger partial charge in [-0.2, -0.15) is 0 Å². The first-order chi connectivity index (χ1) is 13.8. The Kier molecular flexibility index (Phi) is 6.49. The molecular weight excluding hydrogens is 382 g/mol. The normalized spacial score (nSPS) is 27.0.